The molecule has 0 aliphatic carbocycles. The van der Waals surface area contributed by atoms with E-state index in [1.807, 2.05) is 24.3 Å². The second-order valence-corrected chi connectivity index (χ2v) is 9.96. The van der Waals surface area contributed by atoms with Crippen LogP contribution in [0.4, 0.5) is 5.69 Å². The molecule has 0 amide bonds. The predicted molar refractivity (Wildman–Crippen MR) is 123 cm³/mol. The van der Waals surface area contributed by atoms with Gasteiger partial charge in [0, 0.05) is 21.0 Å². The van der Waals surface area contributed by atoms with Gasteiger partial charge in [0.25, 0.3) is 10.0 Å². The minimum atomic E-state index is -3.76. The van der Waals surface area contributed by atoms with Gasteiger partial charge >= 0.3 is 0 Å². The maximum atomic E-state index is 12.9. The largest absolute Gasteiger partial charge is 0.495 e. The first-order valence-electron chi connectivity index (χ1n) is 8.11. The zero-order chi connectivity index (χ0) is 20.3. The number of nitrogens with one attached hydrogen (secondary N) is 1. The molecule has 5 nitrogen and oxygen atoms in total. The second kappa shape index (κ2) is 8.69. The molecule has 0 heterocycles. The van der Waals surface area contributed by atoms with Crippen LogP contribution in [0.15, 0.2) is 68.9 Å². The monoisotopic (exact) mass is 496 g/mol. The zero-order valence-corrected chi connectivity index (χ0v) is 18.8. The van der Waals surface area contributed by atoms with Crippen molar-refractivity contribution < 1.29 is 13.2 Å². The third kappa shape index (κ3) is 4.60. The van der Waals surface area contributed by atoms with Crippen molar-refractivity contribution in [3.63, 3.8) is 0 Å². The number of benzene rings is 3. The van der Waals surface area contributed by atoms with E-state index in [1.54, 1.807) is 37.4 Å². The number of methoxy groups -OCH3 is 1. The number of fused-ring (bicyclic) bond motifs is 1. The topological polar surface area (TPSA) is 81.4 Å². The number of anilines is 1. The lowest BCUT2D eigenvalue weighted by molar-refractivity contribution is 0.410. The van der Waals surface area contributed by atoms with Crippen molar-refractivity contribution in [1.29, 1.82) is 0 Å². The highest BCUT2D eigenvalue weighted by atomic mass is 79.9. The number of sulfonamides is 1. The van der Waals surface area contributed by atoms with Crippen LogP contribution in [0.2, 0.25) is 0 Å². The van der Waals surface area contributed by atoms with E-state index in [4.69, 9.17) is 22.7 Å². The molecule has 0 saturated carbocycles. The van der Waals surface area contributed by atoms with E-state index >= 15 is 0 Å². The summed E-state index contributed by atoms with van der Waals surface area (Å²) in [6, 6.07) is 15.7. The molecular weight excluding hydrogens is 480 g/mol. The Morgan fingerprint density at radius 2 is 1.82 bits per heavy atom. The van der Waals surface area contributed by atoms with Gasteiger partial charge in [0.05, 0.1) is 27.6 Å². The van der Waals surface area contributed by atoms with E-state index in [0.717, 1.165) is 20.1 Å². The molecule has 0 unspecified atom stereocenters. The van der Waals surface area contributed by atoms with Crippen molar-refractivity contribution >= 4 is 71.4 Å². The van der Waals surface area contributed by atoms with Gasteiger partial charge in [0.2, 0.25) is 0 Å². The lowest BCUT2D eigenvalue weighted by Gasteiger charge is -2.16. The number of hydrogen-bond donors (Lipinski definition) is 2. The van der Waals surface area contributed by atoms with Crippen molar-refractivity contribution in [3.05, 3.63) is 59.1 Å². The Balaban J connectivity index is 2.11. The van der Waals surface area contributed by atoms with E-state index in [9.17, 15) is 8.42 Å². The fourth-order valence-corrected chi connectivity index (χ4v) is 5.03. The molecule has 0 radical (unpaired) electrons. The highest BCUT2D eigenvalue weighted by Crippen LogP contribution is 2.41. The Kier molecular flexibility index (Phi) is 6.49. The number of halogens is 1. The van der Waals surface area contributed by atoms with Crippen molar-refractivity contribution in [3.8, 4) is 5.75 Å². The molecule has 0 aliphatic rings. The number of rotatable bonds is 7. The second-order valence-electron chi connectivity index (χ2n) is 5.82. The summed E-state index contributed by atoms with van der Waals surface area (Å²) < 4.78 is 34.9. The summed E-state index contributed by atoms with van der Waals surface area (Å²) in [6.07, 6.45) is 0. The minimum absolute atomic E-state index is 0.174. The van der Waals surface area contributed by atoms with Crippen LogP contribution in [0.25, 0.3) is 10.8 Å². The van der Waals surface area contributed by atoms with Crippen LogP contribution in [0.1, 0.15) is 0 Å². The Labute approximate surface area is 181 Å². The van der Waals surface area contributed by atoms with Gasteiger partial charge in [0.1, 0.15) is 5.75 Å². The van der Waals surface area contributed by atoms with Crippen LogP contribution in [-0.2, 0) is 10.0 Å². The minimum Gasteiger partial charge on any atom is -0.495 e. The van der Waals surface area contributed by atoms with E-state index in [-0.39, 0.29) is 4.90 Å². The van der Waals surface area contributed by atoms with E-state index in [2.05, 4.69) is 20.7 Å². The van der Waals surface area contributed by atoms with Gasteiger partial charge in [-0.3, -0.25) is 4.72 Å². The first kappa shape index (κ1) is 20.9. The van der Waals surface area contributed by atoms with Crippen LogP contribution >= 0.6 is 39.9 Å². The fraction of sp³-hybridized carbons (Fsp3) is 0.105. The van der Waals surface area contributed by atoms with Crippen LogP contribution < -0.4 is 15.2 Å². The van der Waals surface area contributed by atoms with Gasteiger partial charge in [-0.15, -0.1) is 11.8 Å². The molecule has 3 rings (SSSR count). The molecule has 0 aromatic heterocycles. The summed E-state index contributed by atoms with van der Waals surface area (Å²) in [5, 5.41) is 1.53. The molecule has 0 bridgehead atoms. The number of thioether (sulfide) groups is 1. The van der Waals surface area contributed by atoms with Gasteiger partial charge < -0.3 is 10.5 Å². The molecule has 0 fully saturated rings. The molecule has 0 aliphatic heterocycles. The number of nitrogens with two attached hydrogens (primary N) is 1. The molecule has 28 heavy (non-hydrogen) atoms. The number of hydrogen-bond acceptors (Lipinski definition) is 5. The maximum Gasteiger partial charge on any atom is 0.261 e. The quantitative estimate of drug-likeness (QED) is 0.361. The summed E-state index contributed by atoms with van der Waals surface area (Å²) in [5.74, 6) is 1.08. The normalized spacial score (nSPS) is 11.4. The van der Waals surface area contributed by atoms with Crippen molar-refractivity contribution in [2.24, 2.45) is 5.73 Å². The molecule has 0 spiro atoms. The standard InChI is InChI=1S/C19H17BrN2O3S3/c1-25-19-15-5-3-2-4-14(15)16(10-17(19)27-11-18(21)26)22-28(23,24)13-8-6-12(20)7-9-13/h2-10,22H,11H2,1H3,(H2,21,26). The lowest BCUT2D eigenvalue weighted by Crippen LogP contribution is -2.13. The lowest BCUT2D eigenvalue weighted by atomic mass is 10.1. The predicted octanol–water partition coefficient (Wildman–Crippen LogP) is 4.79. The summed E-state index contributed by atoms with van der Waals surface area (Å²) in [7, 11) is -2.18. The Morgan fingerprint density at radius 3 is 2.43 bits per heavy atom. The molecule has 0 atom stereocenters. The van der Waals surface area contributed by atoms with E-state index in [1.165, 1.54) is 11.8 Å². The first-order chi connectivity index (χ1) is 13.3. The van der Waals surface area contributed by atoms with Crippen LogP contribution in [0.5, 0.6) is 5.75 Å². The van der Waals surface area contributed by atoms with Crippen molar-refractivity contribution in [2.75, 3.05) is 17.6 Å². The maximum absolute atomic E-state index is 12.9. The number of ether oxygens (including phenoxy) is 1. The Morgan fingerprint density at radius 1 is 1.18 bits per heavy atom. The van der Waals surface area contributed by atoms with Crippen LogP contribution in [0.3, 0.4) is 0 Å². The zero-order valence-electron chi connectivity index (χ0n) is 14.8. The molecule has 9 heteroatoms. The molecule has 3 aromatic rings. The third-order valence-corrected chi connectivity index (χ3v) is 7.21. The number of thiocarbonyl (C=S) groups is 1. The Bertz CT molecular complexity index is 1130. The average Bonchev–Trinajstić information content (AvgIpc) is 2.66. The summed E-state index contributed by atoms with van der Waals surface area (Å²) in [4.78, 5) is 1.28. The fourth-order valence-electron chi connectivity index (χ4n) is 2.69. The Hall–Kier alpha value is -1.81. The van der Waals surface area contributed by atoms with Gasteiger partial charge in [-0.1, -0.05) is 52.4 Å². The highest BCUT2D eigenvalue weighted by molar-refractivity contribution is 9.10. The SMILES string of the molecule is COc1c(SCC(N)=S)cc(NS(=O)(=O)c2ccc(Br)cc2)c2ccccc12. The molecule has 0 saturated heterocycles. The van der Waals surface area contributed by atoms with Gasteiger partial charge in [0.15, 0.2) is 0 Å². The molecule has 3 aromatic carbocycles. The molecular formula is C19H17BrN2O3S3. The molecule has 3 N–H and O–H groups in total. The molecule has 146 valence electrons. The summed E-state index contributed by atoms with van der Waals surface area (Å²) >= 11 is 9.68. The average molecular weight is 497 g/mol. The smallest absolute Gasteiger partial charge is 0.261 e. The van der Waals surface area contributed by atoms with Crippen LogP contribution in [0, 0.1) is 0 Å². The van der Waals surface area contributed by atoms with E-state index in [0.29, 0.717) is 22.2 Å². The van der Waals surface area contributed by atoms with Crippen LogP contribution in [-0.4, -0.2) is 26.3 Å². The van der Waals surface area contributed by atoms with Gasteiger partial charge in [-0.05, 0) is 30.3 Å². The van der Waals surface area contributed by atoms with E-state index < -0.39 is 10.0 Å². The van der Waals surface area contributed by atoms with Crippen molar-refractivity contribution in [1.82, 2.24) is 0 Å². The van der Waals surface area contributed by atoms with Crippen molar-refractivity contribution in [2.45, 2.75) is 9.79 Å². The first-order valence-corrected chi connectivity index (χ1v) is 11.8. The summed E-state index contributed by atoms with van der Waals surface area (Å²) in [6.45, 7) is 0. The highest BCUT2D eigenvalue weighted by Gasteiger charge is 2.19. The third-order valence-electron chi connectivity index (χ3n) is 3.90. The van der Waals surface area contributed by atoms with Gasteiger partial charge in [-0.2, -0.15) is 0 Å². The summed E-state index contributed by atoms with van der Waals surface area (Å²) in [5.41, 5.74) is 6.09. The van der Waals surface area contributed by atoms with Gasteiger partial charge in [-0.25, -0.2) is 8.42 Å².